The number of carbonyl (C=O) groups is 2. The predicted octanol–water partition coefficient (Wildman–Crippen LogP) is 2.87. The molecule has 0 bridgehead atoms. The molecular formula is C14H19F3N2O2S. The first-order chi connectivity index (χ1) is 10.1. The van der Waals surface area contributed by atoms with Gasteiger partial charge in [-0.25, -0.2) is 0 Å². The van der Waals surface area contributed by atoms with Crippen molar-refractivity contribution in [3.8, 4) is 0 Å². The van der Waals surface area contributed by atoms with Gasteiger partial charge in [-0.05, 0) is 17.4 Å². The predicted molar refractivity (Wildman–Crippen MR) is 78.8 cm³/mol. The van der Waals surface area contributed by atoms with E-state index in [4.69, 9.17) is 0 Å². The zero-order chi connectivity index (χ0) is 16.9. The first kappa shape index (κ1) is 18.5. The molecule has 22 heavy (non-hydrogen) atoms. The molecule has 1 aromatic heterocycles. The minimum absolute atomic E-state index is 0.00117. The molecule has 0 fully saturated rings. The van der Waals surface area contributed by atoms with Crippen molar-refractivity contribution in [1.82, 2.24) is 9.80 Å². The Morgan fingerprint density at radius 1 is 1.32 bits per heavy atom. The number of amides is 2. The van der Waals surface area contributed by atoms with Crippen molar-refractivity contribution in [2.24, 2.45) is 5.92 Å². The van der Waals surface area contributed by atoms with Crippen LogP contribution in [-0.2, 0) is 4.79 Å². The third kappa shape index (κ3) is 6.05. The molecule has 124 valence electrons. The zero-order valence-corrected chi connectivity index (χ0v) is 13.5. The molecule has 0 saturated carbocycles. The number of halogens is 3. The van der Waals surface area contributed by atoms with E-state index in [0.29, 0.717) is 5.56 Å². The molecule has 1 heterocycles. The largest absolute Gasteiger partial charge is 0.406 e. The smallest absolute Gasteiger partial charge is 0.332 e. The maximum atomic E-state index is 12.6. The monoisotopic (exact) mass is 336 g/mol. The minimum atomic E-state index is -4.46. The summed E-state index contributed by atoms with van der Waals surface area (Å²) in [5.74, 6) is -1.19. The second-order valence-corrected chi connectivity index (χ2v) is 6.24. The Bertz CT molecular complexity index is 501. The molecule has 1 rings (SSSR count). The van der Waals surface area contributed by atoms with Crippen LogP contribution in [0.2, 0.25) is 0 Å². The first-order valence-corrected chi connectivity index (χ1v) is 7.66. The Balaban J connectivity index is 2.71. The zero-order valence-electron chi connectivity index (χ0n) is 12.7. The highest BCUT2D eigenvalue weighted by Crippen LogP contribution is 2.18. The van der Waals surface area contributed by atoms with Crippen molar-refractivity contribution in [2.45, 2.75) is 20.0 Å². The van der Waals surface area contributed by atoms with E-state index in [2.05, 4.69) is 0 Å². The maximum absolute atomic E-state index is 12.6. The van der Waals surface area contributed by atoms with Crippen molar-refractivity contribution in [3.63, 3.8) is 0 Å². The van der Waals surface area contributed by atoms with Gasteiger partial charge in [0.2, 0.25) is 5.91 Å². The van der Waals surface area contributed by atoms with E-state index in [0.717, 1.165) is 9.80 Å². The van der Waals surface area contributed by atoms with Gasteiger partial charge in [0.25, 0.3) is 5.91 Å². The molecule has 8 heteroatoms. The maximum Gasteiger partial charge on any atom is 0.406 e. The van der Waals surface area contributed by atoms with Gasteiger partial charge >= 0.3 is 6.18 Å². The van der Waals surface area contributed by atoms with E-state index in [9.17, 15) is 22.8 Å². The summed E-state index contributed by atoms with van der Waals surface area (Å²) in [6.07, 6.45) is -4.46. The molecule has 4 nitrogen and oxygen atoms in total. The van der Waals surface area contributed by atoms with E-state index in [1.54, 1.807) is 30.7 Å². The van der Waals surface area contributed by atoms with Crippen LogP contribution in [0.25, 0.3) is 0 Å². The van der Waals surface area contributed by atoms with Crippen molar-refractivity contribution < 1.29 is 22.8 Å². The molecule has 0 atom stereocenters. The Morgan fingerprint density at radius 2 is 1.95 bits per heavy atom. The molecule has 0 aliphatic carbocycles. The average Bonchev–Trinajstić information content (AvgIpc) is 2.88. The summed E-state index contributed by atoms with van der Waals surface area (Å²) in [4.78, 5) is 26.0. The van der Waals surface area contributed by atoms with Crippen molar-refractivity contribution in [2.75, 3.05) is 26.7 Å². The molecule has 1 aromatic rings. The van der Waals surface area contributed by atoms with E-state index in [1.807, 2.05) is 0 Å². The summed E-state index contributed by atoms with van der Waals surface area (Å²) < 4.78 is 37.7. The minimum Gasteiger partial charge on any atom is -0.332 e. The lowest BCUT2D eigenvalue weighted by Crippen LogP contribution is -2.46. The lowest BCUT2D eigenvalue weighted by atomic mass is 10.2. The number of thiophene rings is 1. The van der Waals surface area contributed by atoms with Gasteiger partial charge in [-0.2, -0.15) is 24.5 Å². The second kappa shape index (κ2) is 7.62. The van der Waals surface area contributed by atoms with Crippen LogP contribution in [0.15, 0.2) is 16.8 Å². The molecule has 0 aliphatic rings. The molecule has 2 amide bonds. The van der Waals surface area contributed by atoms with Crippen LogP contribution in [-0.4, -0.2) is 54.5 Å². The molecule has 0 aliphatic heterocycles. The third-order valence-electron chi connectivity index (χ3n) is 2.80. The Labute approximate surface area is 131 Å². The van der Waals surface area contributed by atoms with Gasteiger partial charge in [0.1, 0.15) is 6.54 Å². The highest BCUT2D eigenvalue weighted by Gasteiger charge is 2.33. The van der Waals surface area contributed by atoms with Crippen LogP contribution in [0, 0.1) is 5.92 Å². The Morgan fingerprint density at radius 3 is 2.41 bits per heavy atom. The summed E-state index contributed by atoms with van der Waals surface area (Å²) in [6.45, 7) is 1.79. The Kier molecular flexibility index (Phi) is 6.40. The summed E-state index contributed by atoms with van der Waals surface area (Å²) in [6, 6.07) is 1.61. The average molecular weight is 336 g/mol. The molecule has 0 radical (unpaired) electrons. The fourth-order valence-electron chi connectivity index (χ4n) is 1.89. The SMILES string of the molecule is CC(C)CN(CC(F)(F)F)C(=O)CN(C)C(=O)c1ccsc1. The molecule has 0 aromatic carbocycles. The fraction of sp³-hybridized carbons (Fsp3) is 0.571. The summed E-state index contributed by atoms with van der Waals surface area (Å²) >= 11 is 1.34. The van der Waals surface area contributed by atoms with Crippen LogP contribution >= 0.6 is 11.3 Å². The number of likely N-dealkylation sites (N-methyl/N-ethyl adjacent to an activating group) is 1. The normalized spacial score (nSPS) is 11.6. The van der Waals surface area contributed by atoms with E-state index < -0.39 is 18.6 Å². The molecule has 0 saturated heterocycles. The van der Waals surface area contributed by atoms with Gasteiger partial charge < -0.3 is 9.80 Å². The van der Waals surface area contributed by atoms with Crippen LogP contribution in [0.1, 0.15) is 24.2 Å². The van der Waals surface area contributed by atoms with E-state index in [-0.39, 0.29) is 24.9 Å². The van der Waals surface area contributed by atoms with Gasteiger partial charge in [-0.1, -0.05) is 13.8 Å². The highest BCUT2D eigenvalue weighted by molar-refractivity contribution is 7.08. The summed E-state index contributed by atoms with van der Waals surface area (Å²) in [5.41, 5.74) is 0.423. The molecule has 0 N–H and O–H groups in total. The molecule has 0 unspecified atom stereocenters. The fourth-order valence-corrected chi connectivity index (χ4v) is 2.52. The quantitative estimate of drug-likeness (QED) is 0.801. The summed E-state index contributed by atoms with van der Waals surface area (Å²) in [5, 5.41) is 3.35. The van der Waals surface area contributed by atoms with Crippen molar-refractivity contribution in [1.29, 1.82) is 0 Å². The standard InChI is InChI=1S/C14H19F3N2O2S/c1-10(2)6-19(9-14(15,16)17)12(20)7-18(3)13(21)11-4-5-22-8-11/h4-5,8,10H,6-7,9H2,1-3H3. The highest BCUT2D eigenvalue weighted by atomic mass is 32.1. The van der Waals surface area contributed by atoms with E-state index >= 15 is 0 Å². The number of nitrogens with zero attached hydrogens (tertiary/aromatic N) is 2. The van der Waals surface area contributed by atoms with Crippen LogP contribution in [0.5, 0.6) is 0 Å². The molecule has 0 spiro atoms. The number of rotatable bonds is 6. The van der Waals surface area contributed by atoms with Crippen LogP contribution in [0.3, 0.4) is 0 Å². The van der Waals surface area contributed by atoms with Crippen molar-refractivity contribution >= 4 is 23.2 Å². The topological polar surface area (TPSA) is 40.6 Å². The van der Waals surface area contributed by atoms with Gasteiger partial charge in [-0.15, -0.1) is 0 Å². The van der Waals surface area contributed by atoms with Gasteiger partial charge in [-0.3, -0.25) is 9.59 Å². The van der Waals surface area contributed by atoms with Gasteiger partial charge in [0, 0.05) is 19.0 Å². The lowest BCUT2D eigenvalue weighted by Gasteiger charge is -2.27. The Hall–Kier alpha value is -1.57. The van der Waals surface area contributed by atoms with Gasteiger partial charge in [0.15, 0.2) is 0 Å². The summed E-state index contributed by atoms with van der Waals surface area (Å²) in [7, 11) is 1.40. The van der Waals surface area contributed by atoms with Crippen LogP contribution < -0.4 is 0 Å². The number of carbonyl (C=O) groups excluding carboxylic acids is 2. The first-order valence-electron chi connectivity index (χ1n) is 6.72. The van der Waals surface area contributed by atoms with Gasteiger partial charge in [0.05, 0.1) is 12.1 Å². The molecular weight excluding hydrogens is 317 g/mol. The van der Waals surface area contributed by atoms with Crippen LogP contribution in [0.4, 0.5) is 13.2 Å². The number of hydrogen-bond acceptors (Lipinski definition) is 3. The number of alkyl halides is 3. The van der Waals surface area contributed by atoms with E-state index in [1.165, 1.54) is 18.4 Å². The second-order valence-electron chi connectivity index (χ2n) is 5.46. The third-order valence-corrected chi connectivity index (χ3v) is 3.48. The van der Waals surface area contributed by atoms with Crippen molar-refractivity contribution in [3.05, 3.63) is 22.4 Å². The number of hydrogen-bond donors (Lipinski definition) is 0. The lowest BCUT2D eigenvalue weighted by molar-refractivity contribution is -0.162.